The van der Waals surface area contributed by atoms with E-state index in [1.807, 2.05) is 37.3 Å². The molecule has 0 amide bonds. The molecule has 1 unspecified atom stereocenters. The van der Waals surface area contributed by atoms with Crippen LogP contribution in [0.2, 0.25) is 0 Å². The van der Waals surface area contributed by atoms with Gasteiger partial charge in [-0.15, -0.1) is 0 Å². The predicted molar refractivity (Wildman–Crippen MR) is 125 cm³/mol. The third kappa shape index (κ3) is 6.80. The Balaban J connectivity index is 1.75. The van der Waals surface area contributed by atoms with Crippen LogP contribution in [0.4, 0.5) is 0 Å². The second kappa shape index (κ2) is 11.1. The van der Waals surface area contributed by atoms with Gasteiger partial charge in [-0.1, -0.05) is 30.0 Å². The van der Waals surface area contributed by atoms with Gasteiger partial charge in [0.2, 0.25) is 10.0 Å². The van der Waals surface area contributed by atoms with Crippen LogP contribution in [-0.2, 0) is 14.8 Å². The van der Waals surface area contributed by atoms with Crippen LogP contribution in [0.1, 0.15) is 26.7 Å². The molecule has 1 fully saturated rings. The van der Waals surface area contributed by atoms with Gasteiger partial charge in [-0.3, -0.25) is 4.79 Å². The zero-order chi connectivity index (χ0) is 22.3. The fourth-order valence-electron chi connectivity index (χ4n) is 3.58. The fraction of sp³-hybridized carbons (Fsp3) is 0.435. The molecule has 3 rings (SSSR count). The van der Waals surface area contributed by atoms with E-state index in [1.54, 1.807) is 24.3 Å². The van der Waals surface area contributed by atoms with Crippen LogP contribution in [0.5, 0.6) is 11.5 Å². The lowest BCUT2D eigenvalue weighted by atomic mass is 10.3. The predicted octanol–water partition coefficient (Wildman–Crippen LogP) is 4.23. The molecule has 0 aliphatic carbocycles. The quantitative estimate of drug-likeness (QED) is 0.526. The summed E-state index contributed by atoms with van der Waals surface area (Å²) in [5.41, 5.74) is 0. The zero-order valence-corrected chi connectivity index (χ0v) is 19.7. The van der Waals surface area contributed by atoms with Gasteiger partial charge in [0.1, 0.15) is 11.5 Å². The molecule has 0 spiro atoms. The van der Waals surface area contributed by atoms with Crippen molar-refractivity contribution in [3.8, 4) is 11.5 Å². The maximum atomic E-state index is 13.5. The van der Waals surface area contributed by atoms with Gasteiger partial charge in [0.15, 0.2) is 5.12 Å². The number of carbonyl (C=O) groups excluding carboxylic acids is 1. The number of benzene rings is 2. The summed E-state index contributed by atoms with van der Waals surface area (Å²) in [5, 5.41) is -0.00819. The van der Waals surface area contributed by atoms with E-state index in [0.29, 0.717) is 30.3 Å². The molecule has 0 aromatic heterocycles. The van der Waals surface area contributed by atoms with Crippen molar-refractivity contribution in [3.63, 3.8) is 0 Å². The zero-order valence-electron chi connectivity index (χ0n) is 18.1. The van der Waals surface area contributed by atoms with E-state index in [9.17, 15) is 13.2 Å². The van der Waals surface area contributed by atoms with E-state index in [-0.39, 0.29) is 16.1 Å². The largest absolute Gasteiger partial charge is 0.457 e. The summed E-state index contributed by atoms with van der Waals surface area (Å²) < 4.78 is 34.2. The van der Waals surface area contributed by atoms with Crippen LogP contribution in [-0.4, -0.2) is 60.7 Å². The molecule has 0 N–H and O–H groups in total. The smallest absolute Gasteiger partial charge is 0.243 e. The maximum Gasteiger partial charge on any atom is 0.243 e. The Hall–Kier alpha value is -1.87. The van der Waals surface area contributed by atoms with Gasteiger partial charge in [0.05, 0.1) is 4.90 Å². The van der Waals surface area contributed by atoms with Crippen LogP contribution in [0, 0.1) is 0 Å². The van der Waals surface area contributed by atoms with Crippen LogP contribution in [0.3, 0.4) is 0 Å². The maximum absolute atomic E-state index is 13.5. The van der Waals surface area contributed by atoms with Crippen molar-refractivity contribution in [3.05, 3.63) is 54.6 Å². The molecule has 2 aromatic carbocycles. The fourth-order valence-corrected chi connectivity index (χ4v) is 5.96. The monoisotopic (exact) mass is 462 g/mol. The molecule has 1 saturated heterocycles. The summed E-state index contributed by atoms with van der Waals surface area (Å²) in [5.74, 6) is 1.71. The van der Waals surface area contributed by atoms with Gasteiger partial charge in [-0.05, 0) is 69.3 Å². The number of para-hydroxylation sites is 1. The topological polar surface area (TPSA) is 66.9 Å². The van der Waals surface area contributed by atoms with Crippen molar-refractivity contribution in [2.24, 2.45) is 0 Å². The Labute approximate surface area is 189 Å². The standard InChI is InChI=1S/C23H30N2O4S2/c1-19(18-30-20(2)26)25(17-16-24-14-6-7-15-24)31(27,28)23-12-10-22(11-13-23)29-21-8-4-3-5-9-21/h3-5,8-13,19H,6-7,14-18H2,1-2H3. The Morgan fingerprint density at radius 3 is 2.29 bits per heavy atom. The minimum atomic E-state index is -3.70. The highest BCUT2D eigenvalue weighted by atomic mass is 32.2. The SMILES string of the molecule is CC(=O)SCC(C)N(CCN1CCCC1)S(=O)(=O)c1ccc(Oc2ccccc2)cc1. The van der Waals surface area contributed by atoms with Gasteiger partial charge >= 0.3 is 0 Å². The van der Waals surface area contributed by atoms with Crippen molar-refractivity contribution in [1.29, 1.82) is 0 Å². The molecule has 8 heteroatoms. The van der Waals surface area contributed by atoms with Crippen LogP contribution < -0.4 is 4.74 Å². The summed E-state index contributed by atoms with van der Waals surface area (Å²) in [6.07, 6.45) is 2.32. The van der Waals surface area contributed by atoms with Gasteiger partial charge in [0.25, 0.3) is 0 Å². The summed E-state index contributed by atoms with van der Waals surface area (Å²) in [4.78, 5) is 13.9. The summed E-state index contributed by atoms with van der Waals surface area (Å²) >= 11 is 1.16. The summed E-state index contributed by atoms with van der Waals surface area (Å²) in [6.45, 7) is 6.50. The molecular weight excluding hydrogens is 432 g/mol. The number of sulfonamides is 1. The Morgan fingerprint density at radius 1 is 1.06 bits per heavy atom. The molecule has 0 radical (unpaired) electrons. The van der Waals surface area contributed by atoms with Crippen LogP contribution in [0.15, 0.2) is 59.5 Å². The third-order valence-electron chi connectivity index (χ3n) is 5.26. The molecule has 1 heterocycles. The van der Waals surface area contributed by atoms with Crippen LogP contribution >= 0.6 is 11.8 Å². The molecular formula is C23H30N2O4S2. The highest BCUT2D eigenvalue weighted by molar-refractivity contribution is 8.13. The number of likely N-dealkylation sites (tertiary alicyclic amines) is 1. The minimum Gasteiger partial charge on any atom is -0.457 e. The van der Waals surface area contributed by atoms with Crippen molar-refractivity contribution in [2.75, 3.05) is 31.9 Å². The molecule has 31 heavy (non-hydrogen) atoms. The average molecular weight is 463 g/mol. The van der Waals surface area contributed by atoms with Gasteiger partial charge < -0.3 is 9.64 Å². The third-order valence-corrected chi connectivity index (χ3v) is 8.35. The molecule has 6 nitrogen and oxygen atoms in total. The highest BCUT2D eigenvalue weighted by Crippen LogP contribution is 2.26. The number of rotatable bonds is 10. The van der Waals surface area contributed by atoms with Crippen molar-refractivity contribution in [1.82, 2.24) is 9.21 Å². The summed E-state index contributed by atoms with van der Waals surface area (Å²) in [7, 11) is -3.70. The lowest BCUT2D eigenvalue weighted by Crippen LogP contribution is -2.44. The Morgan fingerprint density at radius 2 is 1.68 bits per heavy atom. The van der Waals surface area contributed by atoms with Crippen LogP contribution in [0.25, 0.3) is 0 Å². The second-order valence-corrected chi connectivity index (χ2v) is 10.8. The normalized spacial score (nSPS) is 15.8. The van der Waals surface area contributed by atoms with Crippen molar-refractivity contribution in [2.45, 2.75) is 37.6 Å². The number of hydrogen-bond acceptors (Lipinski definition) is 6. The average Bonchev–Trinajstić information content (AvgIpc) is 3.27. The molecule has 0 bridgehead atoms. The Kier molecular flexibility index (Phi) is 8.54. The van der Waals surface area contributed by atoms with E-state index in [1.165, 1.54) is 11.2 Å². The lowest BCUT2D eigenvalue weighted by molar-refractivity contribution is -0.109. The number of ether oxygens (including phenoxy) is 1. The van der Waals surface area contributed by atoms with Crippen molar-refractivity contribution >= 4 is 26.9 Å². The second-order valence-electron chi connectivity index (χ2n) is 7.70. The number of carbonyl (C=O) groups is 1. The first kappa shape index (κ1) is 23.8. The van der Waals surface area contributed by atoms with E-state index in [0.717, 1.165) is 37.7 Å². The molecule has 1 atom stereocenters. The number of hydrogen-bond donors (Lipinski definition) is 0. The van der Waals surface area contributed by atoms with E-state index < -0.39 is 10.0 Å². The van der Waals surface area contributed by atoms with Crippen molar-refractivity contribution < 1.29 is 17.9 Å². The minimum absolute atomic E-state index is 0.00819. The lowest BCUT2D eigenvalue weighted by Gasteiger charge is -2.30. The van der Waals surface area contributed by atoms with Gasteiger partial charge in [-0.2, -0.15) is 4.31 Å². The molecule has 1 aliphatic rings. The molecule has 1 aliphatic heterocycles. The molecule has 0 saturated carbocycles. The number of thioether (sulfide) groups is 1. The molecule has 168 valence electrons. The first-order chi connectivity index (χ1) is 14.9. The summed E-state index contributed by atoms with van der Waals surface area (Å²) in [6, 6.07) is 15.6. The first-order valence-electron chi connectivity index (χ1n) is 10.6. The number of nitrogens with zero attached hydrogens (tertiary/aromatic N) is 2. The Bertz CT molecular complexity index is 943. The van der Waals surface area contributed by atoms with E-state index in [2.05, 4.69) is 4.90 Å². The van der Waals surface area contributed by atoms with E-state index >= 15 is 0 Å². The van der Waals surface area contributed by atoms with Gasteiger partial charge in [0, 0.05) is 31.8 Å². The highest BCUT2D eigenvalue weighted by Gasteiger charge is 2.30. The van der Waals surface area contributed by atoms with E-state index in [4.69, 9.17) is 4.74 Å². The first-order valence-corrected chi connectivity index (χ1v) is 13.0. The van der Waals surface area contributed by atoms with Gasteiger partial charge in [-0.25, -0.2) is 8.42 Å². The molecule has 2 aromatic rings.